The molecule has 2 aromatic carbocycles. The van der Waals surface area contributed by atoms with Crippen LogP contribution in [0.1, 0.15) is 31.9 Å². The third-order valence-corrected chi connectivity index (χ3v) is 5.16. The topological polar surface area (TPSA) is 66.0 Å². The largest absolute Gasteiger partial charge is 0.494 e. The molecule has 1 heterocycles. The highest BCUT2D eigenvalue weighted by Gasteiger charge is 2.17. The van der Waals surface area contributed by atoms with E-state index < -0.39 is 0 Å². The molecule has 0 unspecified atom stereocenters. The van der Waals surface area contributed by atoms with Gasteiger partial charge in [-0.2, -0.15) is 4.68 Å². The average molecular weight is 369 g/mol. The molecule has 0 saturated heterocycles. The number of aromatic nitrogens is 3. The Kier molecular flexibility index (Phi) is 4.96. The van der Waals surface area contributed by atoms with Gasteiger partial charge in [0.1, 0.15) is 11.4 Å². The number of rotatable bonds is 4. The number of methoxy groups -OCH3 is 1. The van der Waals surface area contributed by atoms with Gasteiger partial charge < -0.3 is 10.5 Å². The van der Waals surface area contributed by atoms with Crippen LogP contribution in [0.5, 0.6) is 5.75 Å². The van der Waals surface area contributed by atoms with Gasteiger partial charge in [-0.15, -0.1) is 5.10 Å². The summed E-state index contributed by atoms with van der Waals surface area (Å²) in [5.41, 5.74) is 9.63. The molecule has 0 radical (unpaired) electrons. The predicted octanol–water partition coefficient (Wildman–Crippen LogP) is 4.62. The number of hydrogen-bond donors (Lipinski definition) is 1. The van der Waals surface area contributed by atoms with E-state index in [0.717, 1.165) is 16.1 Å². The van der Waals surface area contributed by atoms with E-state index in [1.165, 1.54) is 17.3 Å². The highest BCUT2D eigenvalue weighted by molar-refractivity contribution is 7.99. The van der Waals surface area contributed by atoms with Crippen molar-refractivity contribution in [1.82, 2.24) is 15.0 Å². The lowest BCUT2D eigenvalue weighted by Gasteiger charge is -2.18. The van der Waals surface area contributed by atoms with Crippen LogP contribution in [-0.2, 0) is 5.41 Å². The van der Waals surface area contributed by atoms with Gasteiger partial charge in [-0.05, 0) is 47.7 Å². The van der Waals surface area contributed by atoms with Crippen LogP contribution in [0.3, 0.4) is 0 Å². The minimum absolute atomic E-state index is 0.132. The maximum absolute atomic E-state index is 6.32. The first-order chi connectivity index (χ1) is 12.3. The van der Waals surface area contributed by atoms with Gasteiger partial charge in [-0.1, -0.05) is 55.9 Å². The summed E-state index contributed by atoms with van der Waals surface area (Å²) >= 11 is 1.51. The van der Waals surface area contributed by atoms with Crippen LogP contribution < -0.4 is 10.5 Å². The minimum Gasteiger partial charge on any atom is -0.494 e. The van der Waals surface area contributed by atoms with E-state index in [0.29, 0.717) is 16.6 Å². The first-order valence-electron chi connectivity index (χ1n) is 8.44. The molecule has 1 aromatic heterocycles. The summed E-state index contributed by atoms with van der Waals surface area (Å²) in [7, 11) is 1.63. The summed E-state index contributed by atoms with van der Waals surface area (Å²) < 4.78 is 7.05. The fourth-order valence-electron chi connectivity index (χ4n) is 2.63. The molecular weight excluding hydrogens is 344 g/mol. The lowest BCUT2D eigenvalue weighted by Crippen LogP contribution is -2.10. The van der Waals surface area contributed by atoms with Gasteiger partial charge in [-0.25, -0.2) is 0 Å². The van der Waals surface area contributed by atoms with Crippen molar-refractivity contribution in [3.8, 4) is 11.4 Å². The zero-order valence-electron chi connectivity index (χ0n) is 15.8. The number of hydrogen-bond acceptors (Lipinski definition) is 5. The molecule has 0 atom stereocenters. The van der Waals surface area contributed by atoms with Crippen molar-refractivity contribution in [3.05, 3.63) is 53.6 Å². The van der Waals surface area contributed by atoms with Crippen LogP contribution >= 0.6 is 11.8 Å². The third-order valence-electron chi connectivity index (χ3n) is 4.17. The van der Waals surface area contributed by atoms with E-state index in [2.05, 4.69) is 55.3 Å². The minimum atomic E-state index is 0.132. The summed E-state index contributed by atoms with van der Waals surface area (Å²) in [6, 6.07) is 14.4. The van der Waals surface area contributed by atoms with E-state index in [4.69, 9.17) is 10.5 Å². The lowest BCUT2D eigenvalue weighted by molar-refractivity contribution is 0.411. The maximum Gasteiger partial charge on any atom is 0.167 e. The van der Waals surface area contributed by atoms with Gasteiger partial charge in [0.2, 0.25) is 0 Å². The van der Waals surface area contributed by atoms with Crippen molar-refractivity contribution in [2.24, 2.45) is 0 Å². The van der Waals surface area contributed by atoms with Crippen LogP contribution in [0, 0.1) is 6.92 Å². The molecule has 0 fully saturated rings. The highest BCUT2D eigenvalue weighted by atomic mass is 32.2. The Morgan fingerprint density at radius 2 is 1.77 bits per heavy atom. The zero-order chi connectivity index (χ0) is 18.9. The van der Waals surface area contributed by atoms with Gasteiger partial charge in [0, 0.05) is 4.90 Å². The van der Waals surface area contributed by atoms with Crippen LogP contribution in [0.2, 0.25) is 0 Å². The maximum atomic E-state index is 6.32. The Balaban J connectivity index is 1.89. The Morgan fingerprint density at radius 3 is 2.38 bits per heavy atom. The quantitative estimate of drug-likeness (QED) is 0.728. The summed E-state index contributed by atoms with van der Waals surface area (Å²) in [5.74, 6) is 1.21. The Hall–Kier alpha value is -2.47. The van der Waals surface area contributed by atoms with Crippen LogP contribution in [0.4, 0.5) is 5.82 Å². The van der Waals surface area contributed by atoms with E-state index in [1.807, 2.05) is 25.1 Å². The van der Waals surface area contributed by atoms with Gasteiger partial charge in [0.15, 0.2) is 10.8 Å². The van der Waals surface area contributed by atoms with Gasteiger partial charge >= 0.3 is 0 Å². The number of ether oxygens (including phenoxy) is 1. The second-order valence-electron chi connectivity index (χ2n) is 7.24. The standard InChI is InChI=1S/C20H24N4OS/c1-13-6-11-17(25-5)16(12-13)24-18(21)19(22-23-24)26-15-9-7-14(8-10-15)20(2,3)4/h6-12H,21H2,1-5H3. The molecule has 0 amide bonds. The smallest absolute Gasteiger partial charge is 0.167 e. The zero-order valence-corrected chi connectivity index (χ0v) is 16.6. The molecule has 0 aliphatic heterocycles. The van der Waals surface area contributed by atoms with E-state index in [9.17, 15) is 0 Å². The lowest BCUT2D eigenvalue weighted by atomic mass is 9.87. The van der Waals surface area contributed by atoms with Crippen LogP contribution in [0.15, 0.2) is 52.4 Å². The molecule has 0 spiro atoms. The molecule has 0 saturated carbocycles. The Morgan fingerprint density at radius 1 is 1.08 bits per heavy atom. The molecule has 3 rings (SSSR count). The Labute approximate surface area is 158 Å². The number of nitrogen functional groups attached to an aromatic ring is 1. The number of nitrogens with two attached hydrogens (primary N) is 1. The number of nitrogens with zero attached hydrogens (tertiary/aromatic N) is 3. The first kappa shape index (κ1) is 18.3. The molecule has 6 heteroatoms. The molecule has 136 valence electrons. The summed E-state index contributed by atoms with van der Waals surface area (Å²) in [6.07, 6.45) is 0. The van der Waals surface area contributed by atoms with Crippen molar-refractivity contribution < 1.29 is 4.74 Å². The SMILES string of the molecule is COc1ccc(C)cc1-n1nnc(Sc2ccc(C(C)(C)C)cc2)c1N. The summed E-state index contributed by atoms with van der Waals surface area (Å²) in [5, 5.41) is 9.17. The summed E-state index contributed by atoms with van der Waals surface area (Å²) in [6.45, 7) is 8.62. The number of aryl methyl sites for hydroxylation is 1. The monoisotopic (exact) mass is 368 g/mol. The van der Waals surface area contributed by atoms with E-state index >= 15 is 0 Å². The third kappa shape index (κ3) is 3.70. The predicted molar refractivity (Wildman–Crippen MR) is 106 cm³/mol. The van der Waals surface area contributed by atoms with E-state index in [1.54, 1.807) is 11.8 Å². The fraction of sp³-hybridized carbons (Fsp3) is 0.300. The number of anilines is 1. The fourth-order valence-corrected chi connectivity index (χ4v) is 3.39. The normalized spacial score (nSPS) is 11.6. The molecule has 0 aliphatic carbocycles. The van der Waals surface area contributed by atoms with Crippen molar-refractivity contribution in [1.29, 1.82) is 0 Å². The summed E-state index contributed by atoms with van der Waals surface area (Å²) in [4.78, 5) is 1.08. The van der Waals surface area contributed by atoms with Crippen molar-refractivity contribution in [2.75, 3.05) is 12.8 Å². The molecule has 3 aromatic rings. The Bertz CT molecular complexity index is 911. The first-order valence-corrected chi connectivity index (χ1v) is 9.26. The number of benzene rings is 2. The highest BCUT2D eigenvalue weighted by Crippen LogP contribution is 2.34. The van der Waals surface area contributed by atoms with Crippen LogP contribution in [-0.4, -0.2) is 22.1 Å². The second-order valence-corrected chi connectivity index (χ2v) is 8.31. The molecule has 5 nitrogen and oxygen atoms in total. The van der Waals surface area contributed by atoms with E-state index in [-0.39, 0.29) is 5.41 Å². The van der Waals surface area contributed by atoms with Gasteiger partial charge in [0.05, 0.1) is 7.11 Å². The van der Waals surface area contributed by atoms with Crippen molar-refractivity contribution in [2.45, 2.75) is 43.0 Å². The van der Waals surface area contributed by atoms with Gasteiger partial charge in [-0.3, -0.25) is 0 Å². The van der Waals surface area contributed by atoms with Crippen LogP contribution in [0.25, 0.3) is 5.69 Å². The molecule has 0 bridgehead atoms. The van der Waals surface area contributed by atoms with Crippen molar-refractivity contribution in [3.63, 3.8) is 0 Å². The molecule has 26 heavy (non-hydrogen) atoms. The second kappa shape index (κ2) is 7.03. The molecular formula is C20H24N4OS. The molecule has 2 N–H and O–H groups in total. The molecule has 0 aliphatic rings. The van der Waals surface area contributed by atoms with Crippen molar-refractivity contribution >= 4 is 17.6 Å². The van der Waals surface area contributed by atoms with Gasteiger partial charge in [0.25, 0.3) is 0 Å². The average Bonchev–Trinajstić information content (AvgIpc) is 2.95.